The second-order valence-corrected chi connectivity index (χ2v) is 16.6. The Bertz CT molecular complexity index is 3880. The second kappa shape index (κ2) is 14.5. The third-order valence-corrected chi connectivity index (χ3v) is 12.8. The van der Waals surface area contributed by atoms with Gasteiger partial charge in [-0.05, 0) is 86.8 Å². The lowest BCUT2D eigenvalue weighted by Gasteiger charge is -2.25. The number of rotatable bonds is 6. The number of fused-ring (bicyclic) bond motifs is 8. The Labute approximate surface area is 368 Å². The normalized spacial score (nSPS) is 14.1. The molecule has 12 aromatic rings. The first-order valence-electron chi connectivity index (χ1n) is 21.8. The summed E-state index contributed by atoms with van der Waals surface area (Å²) in [6.07, 6.45) is -0.454. The van der Waals surface area contributed by atoms with Crippen molar-refractivity contribution in [3.05, 3.63) is 235 Å². The molecule has 1 N–H and O–H groups in total. The van der Waals surface area contributed by atoms with E-state index in [1.807, 2.05) is 18.2 Å². The third-order valence-electron chi connectivity index (χ3n) is 12.8. The maximum atomic E-state index is 6.70. The molecular formula is C59H38N4O. The molecule has 10 aromatic carbocycles. The molecule has 0 aliphatic carbocycles. The number of nitrogens with zero attached hydrogens (tertiary/aromatic N) is 3. The molecule has 0 bridgehead atoms. The van der Waals surface area contributed by atoms with Crippen LogP contribution < -0.4 is 5.32 Å². The summed E-state index contributed by atoms with van der Waals surface area (Å²) in [5, 5.41) is 13.0. The van der Waals surface area contributed by atoms with Crippen molar-refractivity contribution in [1.82, 2.24) is 9.88 Å². The number of para-hydroxylation sites is 2. The average molecular weight is 819 g/mol. The minimum atomic E-state index is -0.454. The van der Waals surface area contributed by atoms with Gasteiger partial charge >= 0.3 is 0 Å². The van der Waals surface area contributed by atoms with Crippen molar-refractivity contribution in [3.63, 3.8) is 0 Å². The van der Waals surface area contributed by atoms with Crippen molar-refractivity contribution >= 4 is 77.0 Å². The molecule has 0 saturated carbocycles. The summed E-state index contributed by atoms with van der Waals surface area (Å²) in [6, 6.07) is 77.6. The number of aromatic nitrogens is 1. The summed E-state index contributed by atoms with van der Waals surface area (Å²) in [5.41, 5.74) is 12.5. The minimum absolute atomic E-state index is 0.454. The average Bonchev–Trinajstić information content (AvgIpc) is 3.90. The van der Waals surface area contributed by atoms with Crippen LogP contribution in [0.4, 0.5) is 0 Å². The molecule has 1 unspecified atom stereocenters. The van der Waals surface area contributed by atoms with Crippen molar-refractivity contribution in [2.75, 3.05) is 0 Å². The van der Waals surface area contributed by atoms with Crippen LogP contribution in [0.25, 0.3) is 93.2 Å². The molecule has 0 spiro atoms. The van der Waals surface area contributed by atoms with Gasteiger partial charge in [0.05, 0.1) is 16.7 Å². The SMILES string of the molecule is c1ccc(C2=NC(c3cccc(-c4ccccc4)c3)=NC(c3ccc(-n4c5ccccc5c5cc6ccccc6cc54)c(-c4c5ccccc5cc5oc6ccccc6c45)c3)N2)cc1. The van der Waals surface area contributed by atoms with Crippen molar-refractivity contribution < 1.29 is 4.42 Å². The number of hydrogen-bond acceptors (Lipinski definition) is 4. The molecule has 5 heteroatoms. The number of benzene rings is 10. The van der Waals surface area contributed by atoms with E-state index >= 15 is 0 Å². The van der Waals surface area contributed by atoms with Gasteiger partial charge in [0.1, 0.15) is 23.2 Å². The molecule has 0 amide bonds. The molecule has 5 nitrogen and oxygen atoms in total. The fourth-order valence-corrected chi connectivity index (χ4v) is 9.82. The summed E-state index contributed by atoms with van der Waals surface area (Å²) in [6.45, 7) is 0. The quantitative estimate of drug-likeness (QED) is 0.182. The Morgan fingerprint density at radius 2 is 1.09 bits per heavy atom. The van der Waals surface area contributed by atoms with Crippen LogP contribution in [-0.2, 0) is 0 Å². The van der Waals surface area contributed by atoms with E-state index in [-0.39, 0.29) is 0 Å². The van der Waals surface area contributed by atoms with Crippen molar-refractivity contribution in [1.29, 1.82) is 0 Å². The lowest BCUT2D eigenvalue weighted by Crippen LogP contribution is -2.33. The second-order valence-electron chi connectivity index (χ2n) is 16.6. The number of amidine groups is 2. The Balaban J connectivity index is 1.10. The van der Waals surface area contributed by atoms with Gasteiger partial charge in [0, 0.05) is 43.8 Å². The van der Waals surface area contributed by atoms with Crippen LogP contribution in [0, 0.1) is 0 Å². The molecule has 2 aromatic heterocycles. The van der Waals surface area contributed by atoms with Crippen LogP contribution >= 0.6 is 0 Å². The Kier molecular flexibility index (Phi) is 8.21. The van der Waals surface area contributed by atoms with Gasteiger partial charge in [0.25, 0.3) is 0 Å². The highest BCUT2D eigenvalue weighted by molar-refractivity contribution is 6.22. The fourth-order valence-electron chi connectivity index (χ4n) is 9.82. The molecular weight excluding hydrogens is 781 g/mol. The highest BCUT2D eigenvalue weighted by atomic mass is 16.3. The summed E-state index contributed by atoms with van der Waals surface area (Å²) < 4.78 is 9.16. The van der Waals surface area contributed by atoms with E-state index in [0.717, 1.165) is 94.2 Å². The number of aliphatic imine (C=N–C) groups is 2. The number of hydrogen-bond donors (Lipinski definition) is 1. The highest BCUT2D eigenvalue weighted by Gasteiger charge is 2.26. The van der Waals surface area contributed by atoms with Crippen LogP contribution in [0.5, 0.6) is 0 Å². The van der Waals surface area contributed by atoms with Gasteiger partial charge in [0.15, 0.2) is 5.84 Å². The first-order valence-corrected chi connectivity index (χ1v) is 21.8. The van der Waals surface area contributed by atoms with Crippen LogP contribution in [0.15, 0.2) is 233 Å². The smallest absolute Gasteiger partial charge is 0.159 e. The van der Waals surface area contributed by atoms with Gasteiger partial charge in [-0.3, -0.25) is 0 Å². The summed E-state index contributed by atoms with van der Waals surface area (Å²) in [5.74, 6) is 1.45. The Hall–Kier alpha value is -8.54. The Morgan fingerprint density at radius 3 is 1.92 bits per heavy atom. The molecule has 3 heterocycles. The van der Waals surface area contributed by atoms with Gasteiger partial charge in [-0.2, -0.15) is 0 Å². The summed E-state index contributed by atoms with van der Waals surface area (Å²) in [7, 11) is 0. The molecule has 13 rings (SSSR count). The molecule has 0 saturated heterocycles. The summed E-state index contributed by atoms with van der Waals surface area (Å²) in [4.78, 5) is 10.7. The topological polar surface area (TPSA) is 54.8 Å². The molecule has 1 aliphatic rings. The number of nitrogens with one attached hydrogen (secondary N) is 1. The van der Waals surface area contributed by atoms with E-state index in [1.165, 1.54) is 21.5 Å². The van der Waals surface area contributed by atoms with Gasteiger partial charge in [0.2, 0.25) is 0 Å². The zero-order chi connectivity index (χ0) is 42.1. The van der Waals surface area contributed by atoms with E-state index in [2.05, 4.69) is 210 Å². The predicted molar refractivity (Wildman–Crippen MR) is 266 cm³/mol. The molecule has 0 fully saturated rings. The monoisotopic (exact) mass is 818 g/mol. The van der Waals surface area contributed by atoms with Gasteiger partial charge in [-0.25, -0.2) is 9.98 Å². The van der Waals surface area contributed by atoms with E-state index in [9.17, 15) is 0 Å². The fraction of sp³-hybridized carbons (Fsp3) is 0.0169. The Morgan fingerprint density at radius 1 is 0.438 bits per heavy atom. The molecule has 1 atom stereocenters. The summed E-state index contributed by atoms with van der Waals surface area (Å²) >= 11 is 0. The van der Waals surface area contributed by atoms with E-state index in [0.29, 0.717) is 5.84 Å². The van der Waals surface area contributed by atoms with E-state index in [1.54, 1.807) is 0 Å². The first-order chi connectivity index (χ1) is 31.7. The molecule has 300 valence electrons. The number of furan rings is 1. The standard InChI is InChI=1S/C59H38N4O/c1-3-16-37(17-4-1)39-23-15-24-43(32-39)58-60-57(38-18-5-2-6-19-38)61-59(62-58)44-30-31-51(63-50-28-13-11-26-46(50)48-33-40-20-7-8-21-41(40)35-52(48)63)49(34-44)55-45-25-10-9-22-42(45)36-54-56(55)47-27-12-14-29-53(47)64-54/h1-36,59H,(H,60,61,62). The highest BCUT2D eigenvalue weighted by Crippen LogP contribution is 2.46. The van der Waals surface area contributed by atoms with E-state index < -0.39 is 6.17 Å². The largest absolute Gasteiger partial charge is 0.456 e. The van der Waals surface area contributed by atoms with Crippen molar-refractivity contribution in [2.24, 2.45) is 9.98 Å². The maximum absolute atomic E-state index is 6.70. The molecule has 64 heavy (non-hydrogen) atoms. The van der Waals surface area contributed by atoms with Crippen molar-refractivity contribution in [2.45, 2.75) is 6.17 Å². The van der Waals surface area contributed by atoms with Crippen LogP contribution in [0.1, 0.15) is 22.9 Å². The lowest BCUT2D eigenvalue weighted by atomic mass is 9.90. The van der Waals surface area contributed by atoms with Gasteiger partial charge < -0.3 is 14.3 Å². The lowest BCUT2D eigenvalue weighted by molar-refractivity contribution is 0.669. The van der Waals surface area contributed by atoms with Crippen LogP contribution in [0.2, 0.25) is 0 Å². The maximum Gasteiger partial charge on any atom is 0.159 e. The molecule has 0 radical (unpaired) electrons. The van der Waals surface area contributed by atoms with Crippen molar-refractivity contribution in [3.8, 4) is 27.9 Å². The third kappa shape index (κ3) is 5.86. The van der Waals surface area contributed by atoms with Crippen LogP contribution in [0.3, 0.4) is 0 Å². The zero-order valence-electron chi connectivity index (χ0n) is 34.6. The van der Waals surface area contributed by atoms with Crippen LogP contribution in [-0.4, -0.2) is 16.2 Å². The molecule has 1 aliphatic heterocycles. The van der Waals surface area contributed by atoms with Gasteiger partial charge in [-0.1, -0.05) is 170 Å². The van der Waals surface area contributed by atoms with E-state index in [4.69, 9.17) is 14.4 Å². The minimum Gasteiger partial charge on any atom is -0.456 e. The van der Waals surface area contributed by atoms with Gasteiger partial charge in [-0.15, -0.1) is 0 Å². The predicted octanol–water partition coefficient (Wildman–Crippen LogP) is 14.8. The first kappa shape index (κ1) is 36.1. The zero-order valence-corrected chi connectivity index (χ0v) is 34.6.